The predicted octanol–water partition coefficient (Wildman–Crippen LogP) is 4.86. The Bertz CT molecular complexity index is 1100. The Hall–Kier alpha value is -3.12. The Labute approximate surface area is 154 Å². The highest BCUT2D eigenvalue weighted by Crippen LogP contribution is 2.30. The van der Waals surface area contributed by atoms with Crippen LogP contribution in [0.4, 0.5) is 5.69 Å². The van der Waals surface area contributed by atoms with E-state index in [-0.39, 0.29) is 5.91 Å². The summed E-state index contributed by atoms with van der Waals surface area (Å²) in [5.41, 5.74) is 3.39. The molecule has 2 heterocycles. The van der Waals surface area contributed by atoms with E-state index >= 15 is 0 Å². The number of rotatable bonds is 4. The van der Waals surface area contributed by atoms with Gasteiger partial charge >= 0.3 is 0 Å². The number of nitrogens with zero attached hydrogens (tertiary/aromatic N) is 1. The van der Waals surface area contributed by atoms with Crippen LogP contribution in [-0.2, 0) is 0 Å². The van der Waals surface area contributed by atoms with Crippen LogP contribution in [0.5, 0.6) is 5.75 Å². The molecule has 4 aromatic rings. The molecule has 26 heavy (non-hydrogen) atoms. The Balaban J connectivity index is 1.60. The van der Waals surface area contributed by atoms with Crippen molar-refractivity contribution in [3.05, 3.63) is 65.3 Å². The van der Waals surface area contributed by atoms with E-state index < -0.39 is 0 Å². The number of amides is 1. The molecule has 6 heteroatoms. The van der Waals surface area contributed by atoms with Crippen molar-refractivity contribution in [3.63, 3.8) is 0 Å². The second kappa shape index (κ2) is 6.65. The van der Waals surface area contributed by atoms with Gasteiger partial charge in [-0.15, -0.1) is 11.3 Å². The van der Waals surface area contributed by atoms with Gasteiger partial charge in [0.25, 0.3) is 5.91 Å². The van der Waals surface area contributed by atoms with Gasteiger partial charge in [-0.2, -0.15) is 0 Å². The van der Waals surface area contributed by atoms with Crippen LogP contribution >= 0.6 is 11.3 Å². The predicted molar refractivity (Wildman–Crippen MR) is 105 cm³/mol. The van der Waals surface area contributed by atoms with Crippen LogP contribution in [0.2, 0.25) is 0 Å². The number of benzene rings is 2. The molecule has 2 aromatic heterocycles. The fraction of sp³-hybridized carbons (Fsp3) is 0.100. The molecular weight excluding hydrogens is 346 g/mol. The van der Waals surface area contributed by atoms with Crippen molar-refractivity contribution >= 4 is 33.8 Å². The number of nitrogens with one attached hydrogen (secondary N) is 2. The van der Waals surface area contributed by atoms with Crippen LogP contribution in [-0.4, -0.2) is 23.0 Å². The summed E-state index contributed by atoms with van der Waals surface area (Å²) in [5, 5.41) is 4.86. The number of ether oxygens (including phenoxy) is 1. The number of thiazole rings is 1. The Morgan fingerprint density at radius 2 is 2.08 bits per heavy atom. The van der Waals surface area contributed by atoms with Crippen molar-refractivity contribution in [1.29, 1.82) is 0 Å². The highest BCUT2D eigenvalue weighted by molar-refractivity contribution is 7.17. The maximum absolute atomic E-state index is 12.7. The zero-order valence-electron chi connectivity index (χ0n) is 14.4. The van der Waals surface area contributed by atoms with E-state index in [2.05, 4.69) is 15.3 Å². The van der Waals surface area contributed by atoms with Crippen LogP contribution < -0.4 is 10.1 Å². The monoisotopic (exact) mass is 363 g/mol. The number of H-pyrrole nitrogens is 1. The van der Waals surface area contributed by atoms with E-state index in [0.29, 0.717) is 10.6 Å². The first kappa shape index (κ1) is 16.4. The summed E-state index contributed by atoms with van der Waals surface area (Å²) in [6, 6.07) is 15.5. The summed E-state index contributed by atoms with van der Waals surface area (Å²) in [4.78, 5) is 21.0. The van der Waals surface area contributed by atoms with E-state index in [1.54, 1.807) is 7.11 Å². The molecule has 0 atom stereocenters. The van der Waals surface area contributed by atoms with Crippen LogP contribution in [0, 0.1) is 6.92 Å². The lowest BCUT2D eigenvalue weighted by Crippen LogP contribution is -2.11. The molecule has 1 amide bonds. The number of methoxy groups -OCH3 is 1. The molecule has 0 radical (unpaired) electrons. The first-order chi connectivity index (χ1) is 12.6. The van der Waals surface area contributed by atoms with Crippen LogP contribution in [0.3, 0.4) is 0 Å². The topological polar surface area (TPSA) is 67.0 Å². The van der Waals surface area contributed by atoms with Gasteiger partial charge in [-0.25, -0.2) is 4.98 Å². The lowest BCUT2D eigenvalue weighted by atomic mass is 10.2. The molecule has 0 aliphatic carbocycles. The molecule has 0 spiro atoms. The summed E-state index contributed by atoms with van der Waals surface area (Å²) < 4.78 is 5.26. The average molecular weight is 363 g/mol. The highest BCUT2D eigenvalue weighted by Gasteiger charge is 2.17. The number of anilines is 1. The summed E-state index contributed by atoms with van der Waals surface area (Å²) in [5.74, 6) is 0.612. The Morgan fingerprint density at radius 3 is 2.92 bits per heavy atom. The van der Waals surface area contributed by atoms with Gasteiger partial charge in [0.1, 0.15) is 15.6 Å². The Kier molecular flexibility index (Phi) is 4.18. The fourth-order valence-electron chi connectivity index (χ4n) is 2.80. The largest absolute Gasteiger partial charge is 0.497 e. The zero-order valence-corrected chi connectivity index (χ0v) is 15.2. The van der Waals surface area contributed by atoms with Crippen molar-refractivity contribution in [3.8, 4) is 16.3 Å². The van der Waals surface area contributed by atoms with E-state index in [4.69, 9.17) is 4.74 Å². The molecule has 0 bridgehead atoms. The van der Waals surface area contributed by atoms with Crippen molar-refractivity contribution in [2.75, 3.05) is 12.4 Å². The van der Waals surface area contributed by atoms with Crippen molar-refractivity contribution in [1.82, 2.24) is 9.97 Å². The second-order valence-electron chi connectivity index (χ2n) is 5.90. The SMILES string of the molecule is COc1cccc(-c2nc(C)c(C(=O)Nc3ccc4cc[nH]c4c3)s2)c1. The molecule has 130 valence electrons. The lowest BCUT2D eigenvalue weighted by molar-refractivity contribution is 0.103. The van der Waals surface area contributed by atoms with Gasteiger partial charge in [0.15, 0.2) is 0 Å². The number of aromatic amines is 1. The summed E-state index contributed by atoms with van der Waals surface area (Å²) in [6.45, 7) is 1.85. The van der Waals surface area contributed by atoms with Gasteiger partial charge in [-0.3, -0.25) is 4.79 Å². The standard InChI is InChI=1S/C20H17N3O2S/c1-12-18(26-20(22-12)14-4-3-5-16(10-14)25-2)19(24)23-15-7-6-13-8-9-21-17(13)11-15/h3-11,21H,1-2H3,(H,23,24). The normalized spacial score (nSPS) is 10.8. The number of hydrogen-bond donors (Lipinski definition) is 2. The van der Waals surface area contributed by atoms with Gasteiger partial charge in [0, 0.05) is 23.0 Å². The third-order valence-corrected chi connectivity index (χ3v) is 5.34. The molecular formula is C20H17N3O2S. The van der Waals surface area contributed by atoms with E-state index in [9.17, 15) is 4.79 Å². The van der Waals surface area contributed by atoms with Crippen LogP contribution in [0.15, 0.2) is 54.7 Å². The molecule has 5 nitrogen and oxygen atoms in total. The molecule has 0 aliphatic rings. The smallest absolute Gasteiger partial charge is 0.267 e. The van der Waals surface area contributed by atoms with E-state index in [1.165, 1.54) is 11.3 Å². The molecule has 4 rings (SSSR count). The average Bonchev–Trinajstić information content (AvgIpc) is 3.27. The van der Waals surface area contributed by atoms with E-state index in [0.717, 1.165) is 32.9 Å². The summed E-state index contributed by atoms with van der Waals surface area (Å²) in [6.07, 6.45) is 1.88. The highest BCUT2D eigenvalue weighted by atomic mass is 32.1. The van der Waals surface area contributed by atoms with E-state index in [1.807, 2.05) is 61.7 Å². The third-order valence-electron chi connectivity index (χ3n) is 4.13. The number of hydrogen-bond acceptors (Lipinski definition) is 4. The minimum absolute atomic E-state index is 0.153. The fourth-order valence-corrected chi connectivity index (χ4v) is 3.76. The number of carbonyl (C=O) groups is 1. The van der Waals surface area contributed by atoms with Crippen LogP contribution in [0.25, 0.3) is 21.5 Å². The molecule has 0 saturated carbocycles. The van der Waals surface area contributed by atoms with Gasteiger partial charge in [0.05, 0.1) is 12.8 Å². The summed E-state index contributed by atoms with van der Waals surface area (Å²) >= 11 is 1.38. The minimum atomic E-state index is -0.153. The second-order valence-corrected chi connectivity index (χ2v) is 6.90. The van der Waals surface area contributed by atoms with Crippen molar-refractivity contribution < 1.29 is 9.53 Å². The molecule has 0 saturated heterocycles. The van der Waals surface area contributed by atoms with Crippen molar-refractivity contribution in [2.24, 2.45) is 0 Å². The zero-order chi connectivity index (χ0) is 18.1. The first-order valence-electron chi connectivity index (χ1n) is 8.14. The maximum atomic E-state index is 12.7. The maximum Gasteiger partial charge on any atom is 0.267 e. The van der Waals surface area contributed by atoms with Gasteiger partial charge in [-0.1, -0.05) is 18.2 Å². The molecule has 0 fully saturated rings. The molecule has 2 aromatic carbocycles. The van der Waals surface area contributed by atoms with Crippen molar-refractivity contribution in [2.45, 2.75) is 6.92 Å². The number of carbonyl (C=O) groups excluding carboxylic acids is 1. The number of aromatic nitrogens is 2. The molecule has 0 unspecified atom stereocenters. The number of fused-ring (bicyclic) bond motifs is 1. The van der Waals surface area contributed by atoms with Crippen LogP contribution in [0.1, 0.15) is 15.4 Å². The molecule has 2 N–H and O–H groups in total. The lowest BCUT2D eigenvalue weighted by Gasteiger charge is -2.04. The Morgan fingerprint density at radius 1 is 1.19 bits per heavy atom. The number of aryl methyl sites for hydroxylation is 1. The summed E-state index contributed by atoms with van der Waals surface area (Å²) in [7, 11) is 1.63. The van der Waals surface area contributed by atoms with Gasteiger partial charge < -0.3 is 15.0 Å². The van der Waals surface area contributed by atoms with Gasteiger partial charge in [0.2, 0.25) is 0 Å². The minimum Gasteiger partial charge on any atom is -0.497 e. The quantitative estimate of drug-likeness (QED) is 0.544. The molecule has 0 aliphatic heterocycles. The first-order valence-corrected chi connectivity index (χ1v) is 8.96. The third kappa shape index (κ3) is 3.07. The van der Waals surface area contributed by atoms with Gasteiger partial charge in [-0.05, 0) is 42.6 Å².